The Labute approximate surface area is 162 Å². The van der Waals surface area contributed by atoms with Crippen LogP contribution in [0.25, 0.3) is 6.08 Å². The van der Waals surface area contributed by atoms with Crippen molar-refractivity contribution in [1.82, 2.24) is 0 Å². The van der Waals surface area contributed by atoms with Crippen molar-refractivity contribution < 1.29 is 27.4 Å². The summed E-state index contributed by atoms with van der Waals surface area (Å²) in [7, 11) is 1.31. The van der Waals surface area contributed by atoms with Crippen molar-refractivity contribution in [3.05, 3.63) is 58.8 Å². The number of carbonyl (C=O) groups is 1. The second-order valence-electron chi connectivity index (χ2n) is 5.26. The van der Waals surface area contributed by atoms with E-state index in [4.69, 9.17) is 17.0 Å². The molecule has 0 saturated carbocycles. The molecule has 0 aromatic heterocycles. The first-order chi connectivity index (χ1) is 12.9. The number of alkyl halides is 2. The van der Waals surface area contributed by atoms with Crippen LogP contribution in [0.15, 0.2) is 47.4 Å². The molecule has 1 aliphatic heterocycles. The number of halogens is 3. The van der Waals surface area contributed by atoms with Gasteiger partial charge in [-0.2, -0.15) is 8.78 Å². The summed E-state index contributed by atoms with van der Waals surface area (Å²) in [6.45, 7) is -2.98. The van der Waals surface area contributed by atoms with Crippen LogP contribution in [0.1, 0.15) is 5.56 Å². The van der Waals surface area contributed by atoms with Crippen molar-refractivity contribution in [1.29, 1.82) is 0 Å². The Morgan fingerprint density at radius 3 is 2.59 bits per heavy atom. The highest BCUT2D eigenvalue weighted by Crippen LogP contribution is 2.38. The zero-order valence-corrected chi connectivity index (χ0v) is 15.5. The highest BCUT2D eigenvalue weighted by atomic mass is 32.2. The van der Waals surface area contributed by atoms with Crippen LogP contribution in [0.4, 0.5) is 18.9 Å². The summed E-state index contributed by atoms with van der Waals surface area (Å²) in [5.41, 5.74) is 0.587. The highest BCUT2D eigenvalue weighted by molar-refractivity contribution is 8.27. The molecule has 9 heteroatoms. The minimum absolute atomic E-state index is 0.0710. The largest absolute Gasteiger partial charge is 0.493 e. The third-order valence-electron chi connectivity index (χ3n) is 3.59. The summed E-state index contributed by atoms with van der Waals surface area (Å²) < 4.78 is 48.4. The molecule has 4 nitrogen and oxygen atoms in total. The number of anilines is 1. The van der Waals surface area contributed by atoms with Gasteiger partial charge in [0.1, 0.15) is 5.82 Å². The van der Waals surface area contributed by atoms with Gasteiger partial charge in [0.15, 0.2) is 15.8 Å². The molecule has 0 unspecified atom stereocenters. The molecule has 2 aromatic carbocycles. The maximum Gasteiger partial charge on any atom is 0.387 e. The lowest BCUT2D eigenvalue weighted by Gasteiger charge is -2.14. The van der Waals surface area contributed by atoms with Gasteiger partial charge in [0.05, 0.1) is 17.7 Å². The number of nitrogens with zero attached hydrogens (tertiary/aromatic N) is 1. The highest BCUT2D eigenvalue weighted by Gasteiger charge is 2.34. The number of carbonyl (C=O) groups excluding carboxylic acids is 1. The Morgan fingerprint density at radius 1 is 1.19 bits per heavy atom. The minimum atomic E-state index is -2.98. The molecule has 0 spiro atoms. The van der Waals surface area contributed by atoms with Crippen LogP contribution in [0.5, 0.6) is 11.5 Å². The Bertz CT molecular complexity index is 934. The predicted octanol–water partition coefficient (Wildman–Crippen LogP) is 4.84. The fourth-order valence-corrected chi connectivity index (χ4v) is 3.71. The number of benzene rings is 2. The van der Waals surface area contributed by atoms with Gasteiger partial charge in [-0.15, -0.1) is 0 Å². The van der Waals surface area contributed by atoms with E-state index in [9.17, 15) is 18.0 Å². The van der Waals surface area contributed by atoms with Gasteiger partial charge >= 0.3 is 6.61 Å². The predicted molar refractivity (Wildman–Crippen MR) is 102 cm³/mol. The topological polar surface area (TPSA) is 38.8 Å². The normalized spacial score (nSPS) is 15.7. The Hall–Kier alpha value is -2.52. The van der Waals surface area contributed by atoms with E-state index in [-0.39, 0.29) is 26.4 Å². The van der Waals surface area contributed by atoms with Gasteiger partial charge in [-0.1, -0.05) is 42.2 Å². The molecule has 0 radical (unpaired) electrons. The van der Waals surface area contributed by atoms with Crippen molar-refractivity contribution in [2.45, 2.75) is 6.61 Å². The summed E-state index contributed by atoms with van der Waals surface area (Å²) in [6.07, 6.45) is 1.52. The lowest BCUT2D eigenvalue weighted by atomic mass is 10.2. The molecular formula is C18H12F3NO3S2. The summed E-state index contributed by atoms with van der Waals surface area (Å²) in [5.74, 6) is -1.07. The number of hydrogen-bond donors (Lipinski definition) is 0. The summed E-state index contributed by atoms with van der Waals surface area (Å²) in [4.78, 5) is 14.1. The van der Waals surface area contributed by atoms with Crippen LogP contribution in [0.3, 0.4) is 0 Å². The van der Waals surface area contributed by atoms with Crippen LogP contribution in [0.2, 0.25) is 0 Å². The molecule has 1 saturated heterocycles. The molecule has 2 aromatic rings. The van der Waals surface area contributed by atoms with Gasteiger partial charge in [0.25, 0.3) is 5.91 Å². The zero-order chi connectivity index (χ0) is 19.6. The van der Waals surface area contributed by atoms with E-state index in [1.807, 2.05) is 0 Å². The molecule has 1 amide bonds. The standard InChI is InChI=1S/C18H12F3NO3S2/c1-24-14-8-10(6-7-13(14)25-17(20)21)9-15-16(23)22(18(26)27-15)12-5-3-2-4-11(12)19/h2-9,17H,1H3/b15-9+. The molecule has 3 rings (SSSR count). The summed E-state index contributed by atoms with van der Waals surface area (Å²) >= 11 is 6.22. The van der Waals surface area contributed by atoms with E-state index < -0.39 is 18.3 Å². The number of amides is 1. The van der Waals surface area contributed by atoms with Crippen LogP contribution < -0.4 is 14.4 Å². The molecule has 0 N–H and O–H groups in total. The monoisotopic (exact) mass is 411 g/mol. The van der Waals surface area contributed by atoms with E-state index in [0.29, 0.717) is 5.56 Å². The van der Waals surface area contributed by atoms with E-state index in [2.05, 4.69) is 4.74 Å². The number of methoxy groups -OCH3 is 1. The van der Waals surface area contributed by atoms with Crippen molar-refractivity contribution in [3.8, 4) is 11.5 Å². The molecule has 1 fully saturated rings. The number of para-hydroxylation sites is 1. The van der Waals surface area contributed by atoms with Crippen molar-refractivity contribution in [2.75, 3.05) is 12.0 Å². The van der Waals surface area contributed by atoms with E-state index in [0.717, 1.165) is 16.7 Å². The lowest BCUT2D eigenvalue weighted by Crippen LogP contribution is -2.28. The maximum absolute atomic E-state index is 14.0. The Kier molecular flexibility index (Phi) is 5.71. The van der Waals surface area contributed by atoms with Crippen LogP contribution in [-0.2, 0) is 4.79 Å². The first-order valence-corrected chi connectivity index (χ1v) is 8.78. The van der Waals surface area contributed by atoms with Gasteiger partial charge in [-0.25, -0.2) is 4.39 Å². The number of thioether (sulfide) groups is 1. The van der Waals surface area contributed by atoms with Crippen molar-refractivity contribution in [3.63, 3.8) is 0 Å². The zero-order valence-electron chi connectivity index (χ0n) is 13.8. The third-order valence-corrected chi connectivity index (χ3v) is 4.89. The van der Waals surface area contributed by atoms with Crippen molar-refractivity contribution in [2.24, 2.45) is 0 Å². The summed E-state index contributed by atoms with van der Waals surface area (Å²) in [6, 6.07) is 10.1. The van der Waals surface area contributed by atoms with Crippen LogP contribution >= 0.6 is 24.0 Å². The fourth-order valence-electron chi connectivity index (χ4n) is 2.43. The van der Waals surface area contributed by atoms with Gasteiger partial charge in [0.2, 0.25) is 0 Å². The summed E-state index contributed by atoms with van der Waals surface area (Å²) in [5, 5.41) is 0. The third kappa shape index (κ3) is 4.09. The maximum atomic E-state index is 14.0. The van der Waals surface area contributed by atoms with Gasteiger partial charge < -0.3 is 9.47 Å². The van der Waals surface area contributed by atoms with E-state index in [1.165, 1.54) is 49.6 Å². The van der Waals surface area contributed by atoms with Crippen LogP contribution in [0, 0.1) is 5.82 Å². The molecule has 1 aliphatic rings. The second kappa shape index (κ2) is 8.01. The Balaban J connectivity index is 1.91. The fraction of sp³-hybridized carbons (Fsp3) is 0.111. The smallest absolute Gasteiger partial charge is 0.387 e. The van der Waals surface area contributed by atoms with Gasteiger partial charge in [0, 0.05) is 0 Å². The molecular weight excluding hydrogens is 399 g/mol. The quantitative estimate of drug-likeness (QED) is 0.520. The average Bonchev–Trinajstić information content (AvgIpc) is 2.90. The number of thiocarbonyl (C=S) groups is 1. The molecule has 27 heavy (non-hydrogen) atoms. The second-order valence-corrected chi connectivity index (χ2v) is 6.93. The lowest BCUT2D eigenvalue weighted by molar-refractivity contribution is -0.113. The number of hydrogen-bond acceptors (Lipinski definition) is 5. The van der Waals surface area contributed by atoms with E-state index in [1.54, 1.807) is 6.07 Å². The Morgan fingerprint density at radius 2 is 1.93 bits per heavy atom. The van der Waals surface area contributed by atoms with E-state index >= 15 is 0 Å². The number of rotatable bonds is 5. The first kappa shape index (κ1) is 19.2. The SMILES string of the molecule is COc1cc(/C=C2/SC(=S)N(c3ccccc3F)C2=O)ccc1OC(F)F. The molecule has 0 aliphatic carbocycles. The average molecular weight is 411 g/mol. The first-order valence-electron chi connectivity index (χ1n) is 7.56. The van der Waals surface area contributed by atoms with Gasteiger partial charge in [-0.3, -0.25) is 9.69 Å². The minimum Gasteiger partial charge on any atom is -0.493 e. The van der Waals surface area contributed by atoms with Crippen LogP contribution in [-0.4, -0.2) is 23.9 Å². The van der Waals surface area contributed by atoms with Gasteiger partial charge in [-0.05, 0) is 35.9 Å². The molecule has 0 bridgehead atoms. The van der Waals surface area contributed by atoms with Crippen molar-refractivity contribution >= 4 is 46.0 Å². The number of ether oxygens (including phenoxy) is 2. The molecule has 140 valence electrons. The molecule has 1 heterocycles. The molecule has 0 atom stereocenters.